The molecule has 0 unspecified atom stereocenters. The molecule has 108 valence electrons. The number of nitrogens with zero attached hydrogens (tertiary/aromatic N) is 1. The predicted octanol–water partition coefficient (Wildman–Crippen LogP) is 3.44. The highest BCUT2D eigenvalue weighted by atomic mass is 32.1. The van der Waals surface area contributed by atoms with E-state index < -0.39 is 0 Å². The second kappa shape index (κ2) is 7.01. The van der Waals surface area contributed by atoms with Crippen molar-refractivity contribution in [2.45, 2.75) is 46.5 Å². The van der Waals surface area contributed by atoms with Crippen molar-refractivity contribution in [1.82, 2.24) is 4.98 Å². The molecule has 0 aromatic carbocycles. The fourth-order valence-electron chi connectivity index (χ4n) is 1.34. The fraction of sp³-hybridized carbons (Fsp3) is 0.714. The summed E-state index contributed by atoms with van der Waals surface area (Å²) in [6.45, 7) is 11.6. The van der Waals surface area contributed by atoms with Crippen molar-refractivity contribution in [3.05, 3.63) is 11.1 Å². The number of carbonyl (C=O) groups excluding carboxylic acids is 1. The molecule has 0 saturated heterocycles. The molecule has 4 nitrogen and oxygen atoms in total. The highest BCUT2D eigenvalue weighted by Crippen LogP contribution is 2.26. The summed E-state index contributed by atoms with van der Waals surface area (Å²) >= 11 is 1.46. The number of nitrogens with one attached hydrogen (secondary N) is 1. The van der Waals surface area contributed by atoms with Gasteiger partial charge in [0.15, 0.2) is 5.13 Å². The van der Waals surface area contributed by atoms with Crippen LogP contribution in [0.5, 0.6) is 0 Å². The van der Waals surface area contributed by atoms with Gasteiger partial charge in [0, 0.05) is 17.4 Å². The monoisotopic (exact) mass is 284 g/mol. The summed E-state index contributed by atoms with van der Waals surface area (Å²) in [5, 5.41) is 5.47. The lowest BCUT2D eigenvalue weighted by Gasteiger charge is -2.14. The first-order chi connectivity index (χ1) is 8.79. The number of thiazole rings is 1. The van der Waals surface area contributed by atoms with Gasteiger partial charge in [-0.15, -0.1) is 11.3 Å². The van der Waals surface area contributed by atoms with Crippen molar-refractivity contribution >= 4 is 22.4 Å². The topological polar surface area (TPSA) is 51.2 Å². The van der Waals surface area contributed by atoms with Crippen molar-refractivity contribution in [3.8, 4) is 0 Å². The van der Waals surface area contributed by atoms with Crippen LogP contribution in [0.25, 0.3) is 0 Å². The van der Waals surface area contributed by atoms with Gasteiger partial charge in [-0.1, -0.05) is 34.6 Å². The van der Waals surface area contributed by atoms with Crippen molar-refractivity contribution in [3.63, 3.8) is 0 Å². The Hall–Kier alpha value is -0.940. The first kappa shape index (κ1) is 16.1. The summed E-state index contributed by atoms with van der Waals surface area (Å²) in [5.74, 6) is 0.454. The first-order valence-corrected chi connectivity index (χ1v) is 7.50. The zero-order chi connectivity index (χ0) is 14.5. The van der Waals surface area contributed by atoms with E-state index in [0.29, 0.717) is 30.7 Å². The van der Waals surface area contributed by atoms with Crippen LogP contribution in [0.15, 0.2) is 5.38 Å². The largest absolute Gasteiger partial charge is 0.381 e. The Kier molecular flexibility index (Phi) is 5.94. The number of ether oxygens (including phenoxy) is 1. The van der Waals surface area contributed by atoms with E-state index in [9.17, 15) is 4.79 Å². The number of anilines is 1. The SMILES string of the molecule is CC(C)COCCC(=O)Nc1nc(C(C)(C)C)cs1. The molecule has 0 fully saturated rings. The van der Waals surface area contributed by atoms with Crippen LogP contribution in [-0.4, -0.2) is 24.1 Å². The molecular formula is C14H24N2O2S. The van der Waals surface area contributed by atoms with E-state index in [1.165, 1.54) is 11.3 Å². The Morgan fingerprint density at radius 2 is 2.16 bits per heavy atom. The van der Waals surface area contributed by atoms with Crippen LogP contribution in [0.2, 0.25) is 0 Å². The average molecular weight is 284 g/mol. The molecule has 0 aliphatic heterocycles. The predicted molar refractivity (Wildman–Crippen MR) is 79.7 cm³/mol. The second-order valence-corrected chi connectivity index (χ2v) is 6.91. The van der Waals surface area contributed by atoms with E-state index in [0.717, 1.165) is 5.69 Å². The van der Waals surface area contributed by atoms with Crippen molar-refractivity contribution < 1.29 is 9.53 Å². The van der Waals surface area contributed by atoms with Crippen LogP contribution >= 0.6 is 11.3 Å². The molecule has 0 atom stereocenters. The molecule has 1 rings (SSSR count). The van der Waals surface area contributed by atoms with Gasteiger partial charge < -0.3 is 10.1 Å². The van der Waals surface area contributed by atoms with E-state index in [-0.39, 0.29) is 11.3 Å². The molecule has 5 heteroatoms. The van der Waals surface area contributed by atoms with Crippen LogP contribution in [0.4, 0.5) is 5.13 Å². The third kappa shape index (κ3) is 6.16. The summed E-state index contributed by atoms with van der Waals surface area (Å²) in [4.78, 5) is 16.1. The fourth-order valence-corrected chi connectivity index (χ4v) is 2.29. The van der Waals surface area contributed by atoms with Crippen LogP contribution in [0.1, 0.15) is 46.7 Å². The quantitative estimate of drug-likeness (QED) is 0.814. The average Bonchev–Trinajstić information content (AvgIpc) is 2.72. The van der Waals surface area contributed by atoms with Gasteiger partial charge in [-0.25, -0.2) is 4.98 Å². The Morgan fingerprint density at radius 1 is 1.47 bits per heavy atom. The Bertz CT molecular complexity index is 408. The van der Waals surface area contributed by atoms with E-state index in [1.807, 2.05) is 5.38 Å². The van der Waals surface area contributed by atoms with Gasteiger partial charge in [0.2, 0.25) is 5.91 Å². The minimum atomic E-state index is -0.0430. The van der Waals surface area contributed by atoms with Crippen molar-refractivity contribution in [2.75, 3.05) is 18.5 Å². The highest BCUT2D eigenvalue weighted by Gasteiger charge is 2.18. The van der Waals surface area contributed by atoms with Gasteiger partial charge >= 0.3 is 0 Å². The number of hydrogen-bond donors (Lipinski definition) is 1. The van der Waals surface area contributed by atoms with Crippen LogP contribution < -0.4 is 5.32 Å². The Labute approximate surface area is 119 Å². The van der Waals surface area contributed by atoms with Gasteiger partial charge in [0.1, 0.15) is 0 Å². The van der Waals surface area contributed by atoms with Gasteiger partial charge in [-0.05, 0) is 5.92 Å². The summed E-state index contributed by atoms with van der Waals surface area (Å²) in [7, 11) is 0. The summed E-state index contributed by atoms with van der Waals surface area (Å²) < 4.78 is 5.39. The van der Waals surface area contributed by atoms with Crippen molar-refractivity contribution in [1.29, 1.82) is 0 Å². The molecule has 1 aromatic heterocycles. The lowest BCUT2D eigenvalue weighted by Crippen LogP contribution is -2.16. The standard InChI is InChI=1S/C14H24N2O2S/c1-10(2)8-18-7-6-12(17)16-13-15-11(9-19-13)14(3,4)5/h9-10H,6-8H2,1-5H3,(H,15,16,17). The Morgan fingerprint density at radius 3 is 2.68 bits per heavy atom. The third-order valence-electron chi connectivity index (χ3n) is 2.44. The molecule has 0 spiro atoms. The third-order valence-corrected chi connectivity index (χ3v) is 3.20. The summed E-state index contributed by atoms with van der Waals surface area (Å²) in [5.41, 5.74) is 1.02. The van der Waals surface area contributed by atoms with E-state index >= 15 is 0 Å². The van der Waals surface area contributed by atoms with E-state index in [1.54, 1.807) is 0 Å². The van der Waals surface area contributed by atoms with Crippen LogP contribution in [-0.2, 0) is 14.9 Å². The highest BCUT2D eigenvalue weighted by molar-refractivity contribution is 7.13. The molecule has 19 heavy (non-hydrogen) atoms. The molecule has 0 saturated carbocycles. The number of aromatic nitrogens is 1. The van der Waals surface area contributed by atoms with Crippen molar-refractivity contribution in [2.24, 2.45) is 5.92 Å². The minimum Gasteiger partial charge on any atom is -0.381 e. The van der Waals surface area contributed by atoms with Gasteiger partial charge in [0.25, 0.3) is 0 Å². The number of rotatable bonds is 6. The summed E-state index contributed by atoms with van der Waals surface area (Å²) in [6, 6.07) is 0. The lowest BCUT2D eigenvalue weighted by atomic mass is 9.93. The molecule has 1 N–H and O–H groups in total. The van der Waals surface area contributed by atoms with Gasteiger partial charge in [0.05, 0.1) is 18.7 Å². The molecule has 0 bridgehead atoms. The van der Waals surface area contributed by atoms with E-state index in [4.69, 9.17) is 4.74 Å². The van der Waals surface area contributed by atoms with Gasteiger partial charge in [-0.2, -0.15) is 0 Å². The summed E-state index contributed by atoms with van der Waals surface area (Å²) in [6.07, 6.45) is 0.372. The molecule has 1 amide bonds. The molecule has 0 aliphatic carbocycles. The minimum absolute atomic E-state index is 0.0137. The van der Waals surface area contributed by atoms with Gasteiger partial charge in [-0.3, -0.25) is 4.79 Å². The maximum atomic E-state index is 11.7. The zero-order valence-electron chi connectivity index (χ0n) is 12.4. The van der Waals surface area contributed by atoms with Crippen LogP contribution in [0, 0.1) is 5.92 Å². The number of hydrogen-bond acceptors (Lipinski definition) is 4. The molecule has 1 aromatic rings. The molecular weight excluding hydrogens is 260 g/mol. The molecule has 1 heterocycles. The number of carbonyl (C=O) groups is 1. The van der Waals surface area contributed by atoms with Crippen LogP contribution in [0.3, 0.4) is 0 Å². The maximum absolute atomic E-state index is 11.7. The lowest BCUT2D eigenvalue weighted by molar-refractivity contribution is -0.117. The first-order valence-electron chi connectivity index (χ1n) is 6.62. The van der Waals surface area contributed by atoms with E-state index in [2.05, 4.69) is 44.9 Å². The maximum Gasteiger partial charge on any atom is 0.228 e. The smallest absolute Gasteiger partial charge is 0.228 e. The normalized spacial score (nSPS) is 11.9. The zero-order valence-corrected chi connectivity index (χ0v) is 13.3. The molecule has 0 aliphatic rings. The second-order valence-electron chi connectivity index (χ2n) is 6.05. The Balaban J connectivity index is 2.34. The number of amides is 1. The molecule has 0 radical (unpaired) electrons.